The number of carbonyl (C=O) groups excluding carboxylic acids is 2. The van der Waals surface area contributed by atoms with E-state index in [2.05, 4.69) is 5.32 Å². The van der Waals surface area contributed by atoms with E-state index in [1.54, 1.807) is 19.2 Å². The van der Waals surface area contributed by atoms with Crippen LogP contribution in [0.25, 0.3) is 0 Å². The van der Waals surface area contributed by atoms with E-state index in [1.165, 1.54) is 4.90 Å². The highest BCUT2D eigenvalue weighted by atomic mass is 16.2. The molecule has 5 nitrogen and oxygen atoms in total. The van der Waals surface area contributed by atoms with Crippen LogP contribution in [0.15, 0.2) is 48.5 Å². The number of hydrogen-bond acceptors (Lipinski definition) is 3. The van der Waals surface area contributed by atoms with Crippen molar-refractivity contribution in [2.24, 2.45) is 5.73 Å². The summed E-state index contributed by atoms with van der Waals surface area (Å²) in [4.78, 5) is 25.9. The molecule has 3 N–H and O–H groups in total. The number of nitrogens with zero attached hydrogens (tertiary/aromatic N) is 1. The van der Waals surface area contributed by atoms with Crippen LogP contribution in [0.3, 0.4) is 0 Å². The van der Waals surface area contributed by atoms with Gasteiger partial charge in [0.25, 0.3) is 0 Å². The fourth-order valence-corrected chi connectivity index (χ4v) is 2.41. The molecule has 2 amide bonds. The Morgan fingerprint density at radius 3 is 2.42 bits per heavy atom. The van der Waals surface area contributed by atoms with Crippen LogP contribution in [0.5, 0.6) is 0 Å². The van der Waals surface area contributed by atoms with E-state index in [0.29, 0.717) is 0 Å². The number of nitrogens with one attached hydrogen (secondary N) is 1. The Labute approximate surface area is 142 Å². The van der Waals surface area contributed by atoms with Gasteiger partial charge in [0.05, 0.1) is 6.54 Å². The zero-order chi connectivity index (χ0) is 17.7. The predicted molar refractivity (Wildman–Crippen MR) is 95.6 cm³/mol. The van der Waals surface area contributed by atoms with Crippen molar-refractivity contribution in [1.82, 2.24) is 4.90 Å². The highest BCUT2D eigenvalue weighted by Crippen LogP contribution is 2.18. The van der Waals surface area contributed by atoms with Gasteiger partial charge in [0.15, 0.2) is 0 Å². The van der Waals surface area contributed by atoms with Gasteiger partial charge in [-0.15, -0.1) is 0 Å². The van der Waals surface area contributed by atoms with Gasteiger partial charge in [-0.3, -0.25) is 9.59 Å². The summed E-state index contributed by atoms with van der Waals surface area (Å²) in [6, 6.07) is 14.1. The Kier molecular flexibility index (Phi) is 5.71. The maximum Gasteiger partial charge on any atom is 0.244 e. The molecule has 0 aromatic heterocycles. The average molecular weight is 325 g/mol. The molecular formula is C19H23N3O2. The van der Waals surface area contributed by atoms with Crippen molar-refractivity contribution in [1.29, 1.82) is 0 Å². The Morgan fingerprint density at radius 2 is 1.75 bits per heavy atom. The molecule has 2 aromatic carbocycles. The number of nitrogens with two attached hydrogens (primary N) is 1. The molecule has 0 saturated carbocycles. The normalized spacial score (nSPS) is 11.7. The van der Waals surface area contributed by atoms with Crippen LogP contribution >= 0.6 is 0 Å². The maximum atomic E-state index is 12.4. The first-order valence-corrected chi connectivity index (χ1v) is 7.81. The molecular weight excluding hydrogens is 302 g/mol. The number of amides is 2. The smallest absolute Gasteiger partial charge is 0.244 e. The SMILES string of the molecule is Cc1cccc(NC(=O)CN(C)C(=O)C(N)c2ccccc2)c1C. The monoisotopic (exact) mass is 325 g/mol. The minimum absolute atomic E-state index is 0.0489. The van der Waals surface area contributed by atoms with Gasteiger partial charge in [0.2, 0.25) is 11.8 Å². The van der Waals surface area contributed by atoms with Gasteiger partial charge in [-0.2, -0.15) is 0 Å². The zero-order valence-corrected chi connectivity index (χ0v) is 14.2. The van der Waals surface area contributed by atoms with Crippen molar-refractivity contribution in [2.75, 3.05) is 18.9 Å². The van der Waals surface area contributed by atoms with Gasteiger partial charge in [-0.05, 0) is 36.6 Å². The van der Waals surface area contributed by atoms with Crippen LogP contribution in [0.1, 0.15) is 22.7 Å². The van der Waals surface area contributed by atoms with Gasteiger partial charge in [0.1, 0.15) is 6.04 Å². The molecule has 0 aliphatic rings. The number of hydrogen-bond donors (Lipinski definition) is 2. The van der Waals surface area contributed by atoms with Gasteiger partial charge in [0, 0.05) is 12.7 Å². The van der Waals surface area contributed by atoms with Crippen LogP contribution < -0.4 is 11.1 Å². The quantitative estimate of drug-likeness (QED) is 0.886. The van der Waals surface area contributed by atoms with Crippen LogP contribution in [0.2, 0.25) is 0 Å². The zero-order valence-electron chi connectivity index (χ0n) is 14.2. The van der Waals surface area contributed by atoms with E-state index in [0.717, 1.165) is 22.4 Å². The minimum atomic E-state index is -0.773. The minimum Gasteiger partial charge on any atom is -0.335 e. The van der Waals surface area contributed by atoms with Gasteiger partial charge in [-0.25, -0.2) is 0 Å². The molecule has 0 radical (unpaired) electrons. The third-order valence-electron chi connectivity index (χ3n) is 4.06. The summed E-state index contributed by atoms with van der Waals surface area (Å²) in [5.74, 6) is -0.544. The van der Waals surface area contributed by atoms with Crippen molar-refractivity contribution in [3.8, 4) is 0 Å². The highest BCUT2D eigenvalue weighted by molar-refractivity contribution is 5.96. The first-order valence-electron chi connectivity index (χ1n) is 7.81. The molecule has 0 aliphatic heterocycles. The van der Waals surface area contributed by atoms with E-state index in [1.807, 2.05) is 50.2 Å². The first-order chi connectivity index (χ1) is 11.4. The second-order valence-electron chi connectivity index (χ2n) is 5.88. The summed E-state index contributed by atoms with van der Waals surface area (Å²) >= 11 is 0. The molecule has 0 aliphatic carbocycles. The molecule has 126 valence electrons. The fraction of sp³-hybridized carbons (Fsp3) is 0.263. The predicted octanol–water partition coefficient (Wildman–Crippen LogP) is 2.40. The van der Waals surface area contributed by atoms with Crippen molar-refractivity contribution in [3.05, 3.63) is 65.2 Å². The number of likely N-dealkylation sites (N-methyl/N-ethyl adjacent to an activating group) is 1. The van der Waals surface area contributed by atoms with Crippen molar-refractivity contribution in [3.63, 3.8) is 0 Å². The lowest BCUT2D eigenvalue weighted by molar-refractivity contribution is -0.134. The third-order valence-corrected chi connectivity index (χ3v) is 4.06. The maximum absolute atomic E-state index is 12.4. The molecule has 0 heterocycles. The van der Waals surface area contributed by atoms with E-state index >= 15 is 0 Å². The molecule has 0 bridgehead atoms. The second kappa shape index (κ2) is 7.75. The molecule has 24 heavy (non-hydrogen) atoms. The number of benzene rings is 2. The highest BCUT2D eigenvalue weighted by Gasteiger charge is 2.21. The molecule has 0 spiro atoms. The summed E-state index contributed by atoms with van der Waals surface area (Å²) in [7, 11) is 1.58. The van der Waals surface area contributed by atoms with E-state index in [4.69, 9.17) is 5.73 Å². The lowest BCUT2D eigenvalue weighted by Crippen LogP contribution is -2.40. The molecule has 0 fully saturated rings. The summed E-state index contributed by atoms with van der Waals surface area (Å²) < 4.78 is 0. The molecule has 2 aromatic rings. The van der Waals surface area contributed by atoms with Gasteiger partial charge < -0.3 is 16.0 Å². The number of aryl methyl sites for hydroxylation is 1. The topological polar surface area (TPSA) is 75.4 Å². The van der Waals surface area contributed by atoms with Crippen molar-refractivity contribution in [2.45, 2.75) is 19.9 Å². The average Bonchev–Trinajstić information content (AvgIpc) is 2.58. The third kappa shape index (κ3) is 4.20. The summed E-state index contributed by atoms with van der Waals surface area (Å²) in [5.41, 5.74) is 9.59. The number of anilines is 1. The van der Waals surface area contributed by atoms with Gasteiger partial charge in [-0.1, -0.05) is 42.5 Å². The van der Waals surface area contributed by atoms with Gasteiger partial charge >= 0.3 is 0 Å². The Balaban J connectivity index is 1.98. The van der Waals surface area contributed by atoms with E-state index in [9.17, 15) is 9.59 Å². The van der Waals surface area contributed by atoms with Crippen LogP contribution in [-0.2, 0) is 9.59 Å². The van der Waals surface area contributed by atoms with Crippen molar-refractivity contribution >= 4 is 17.5 Å². The summed E-state index contributed by atoms with van der Waals surface area (Å²) in [5, 5.41) is 2.84. The lowest BCUT2D eigenvalue weighted by atomic mass is 10.1. The molecule has 0 saturated heterocycles. The van der Waals surface area contributed by atoms with E-state index in [-0.39, 0.29) is 18.4 Å². The second-order valence-corrected chi connectivity index (χ2v) is 5.88. The molecule has 1 unspecified atom stereocenters. The summed E-state index contributed by atoms with van der Waals surface area (Å²) in [6.07, 6.45) is 0. The Bertz CT molecular complexity index is 729. The molecule has 5 heteroatoms. The fourth-order valence-electron chi connectivity index (χ4n) is 2.41. The lowest BCUT2D eigenvalue weighted by Gasteiger charge is -2.21. The van der Waals surface area contributed by atoms with Crippen molar-refractivity contribution < 1.29 is 9.59 Å². The number of rotatable bonds is 5. The van der Waals surface area contributed by atoms with E-state index < -0.39 is 6.04 Å². The standard InChI is InChI=1S/C19H23N3O2/c1-13-8-7-11-16(14(13)2)21-17(23)12-22(3)19(24)18(20)15-9-5-4-6-10-15/h4-11,18H,12,20H2,1-3H3,(H,21,23). The van der Waals surface area contributed by atoms with Crippen LogP contribution in [-0.4, -0.2) is 30.3 Å². The Morgan fingerprint density at radius 1 is 1.08 bits per heavy atom. The first kappa shape index (κ1) is 17.7. The largest absolute Gasteiger partial charge is 0.335 e. The van der Waals surface area contributed by atoms with Crippen LogP contribution in [0, 0.1) is 13.8 Å². The Hall–Kier alpha value is -2.66. The number of carbonyl (C=O) groups is 2. The molecule has 2 rings (SSSR count). The van der Waals surface area contributed by atoms with Crippen LogP contribution in [0.4, 0.5) is 5.69 Å². The molecule has 1 atom stereocenters. The summed E-state index contributed by atoms with van der Waals surface area (Å²) in [6.45, 7) is 3.89.